The van der Waals surface area contributed by atoms with Crippen LogP contribution in [0.3, 0.4) is 0 Å². The van der Waals surface area contributed by atoms with Crippen molar-refractivity contribution in [1.29, 1.82) is 0 Å². The van der Waals surface area contributed by atoms with Crippen LogP contribution in [-0.4, -0.2) is 79.5 Å². The number of piperazine rings is 1. The molecule has 2 heterocycles. The number of hydrazine groups is 1. The third kappa shape index (κ3) is 6.78. The molecule has 0 radical (unpaired) electrons. The van der Waals surface area contributed by atoms with Gasteiger partial charge in [-0.15, -0.1) is 0 Å². The lowest BCUT2D eigenvalue weighted by Gasteiger charge is -2.36. The summed E-state index contributed by atoms with van der Waals surface area (Å²) in [7, 11) is 4.13. The molecule has 3 N–H and O–H groups in total. The highest BCUT2D eigenvalue weighted by Crippen LogP contribution is 2.31. The van der Waals surface area contributed by atoms with Gasteiger partial charge in [-0.1, -0.05) is 30.4 Å². The van der Waals surface area contributed by atoms with Crippen LogP contribution in [0.15, 0.2) is 48.8 Å². The maximum absolute atomic E-state index is 10.8. The van der Waals surface area contributed by atoms with Crippen LogP contribution < -0.4 is 15.6 Å². The Morgan fingerprint density at radius 3 is 2.66 bits per heavy atom. The van der Waals surface area contributed by atoms with E-state index in [1.807, 2.05) is 25.4 Å². The van der Waals surface area contributed by atoms with Crippen molar-refractivity contribution >= 4 is 11.8 Å². The summed E-state index contributed by atoms with van der Waals surface area (Å²) in [6, 6.07) is 8.23. The molecule has 0 saturated carbocycles. The van der Waals surface area contributed by atoms with Gasteiger partial charge in [-0.25, -0.2) is 9.80 Å². The molecule has 0 atom stereocenters. The van der Waals surface area contributed by atoms with E-state index in [2.05, 4.69) is 75.0 Å². The number of pyridine rings is 1. The van der Waals surface area contributed by atoms with Crippen molar-refractivity contribution in [3.05, 3.63) is 59.9 Å². The average Bonchev–Trinajstić information content (AvgIpc) is 2.78. The Bertz CT molecular complexity index is 922. The lowest BCUT2D eigenvalue weighted by Crippen LogP contribution is -2.52. The number of benzene rings is 1. The molecule has 3 rings (SSSR count). The van der Waals surface area contributed by atoms with Gasteiger partial charge >= 0.3 is 6.09 Å². The van der Waals surface area contributed by atoms with Gasteiger partial charge in [-0.2, -0.15) is 0 Å². The number of likely N-dealkylation sites (N-methyl/N-ethyl adjacent to an activating group) is 1. The number of amides is 1. The lowest BCUT2D eigenvalue weighted by atomic mass is 9.99. The SMILES string of the molecule is Cc1cc(-c2ccncc2N2CCN(NC/C=C/CN(C)C)CC2)ccc1CNC(=O)O. The number of aryl methyl sites for hydroxylation is 1. The summed E-state index contributed by atoms with van der Waals surface area (Å²) >= 11 is 0. The highest BCUT2D eigenvalue weighted by atomic mass is 16.4. The van der Waals surface area contributed by atoms with Crippen molar-refractivity contribution < 1.29 is 9.90 Å². The van der Waals surface area contributed by atoms with Crippen LogP contribution >= 0.6 is 0 Å². The van der Waals surface area contributed by atoms with Crippen LogP contribution in [0.1, 0.15) is 11.1 Å². The molecule has 1 saturated heterocycles. The van der Waals surface area contributed by atoms with Crippen LogP contribution in [0.5, 0.6) is 0 Å². The summed E-state index contributed by atoms with van der Waals surface area (Å²) in [6.45, 7) is 7.84. The molecule has 1 amide bonds. The molecule has 2 aromatic rings. The predicted molar refractivity (Wildman–Crippen MR) is 129 cm³/mol. The molecule has 1 aromatic heterocycles. The summed E-state index contributed by atoms with van der Waals surface area (Å²) in [5, 5.41) is 13.6. The van der Waals surface area contributed by atoms with Gasteiger partial charge in [-0.05, 0) is 43.8 Å². The highest BCUT2D eigenvalue weighted by Gasteiger charge is 2.19. The first-order valence-electron chi connectivity index (χ1n) is 11.0. The second kappa shape index (κ2) is 11.6. The van der Waals surface area contributed by atoms with Gasteiger partial charge in [0.05, 0.1) is 11.9 Å². The molecule has 0 unspecified atom stereocenters. The smallest absolute Gasteiger partial charge is 0.404 e. The molecular formula is C24H34N6O2. The van der Waals surface area contributed by atoms with E-state index >= 15 is 0 Å². The number of hydrogen-bond donors (Lipinski definition) is 3. The predicted octanol–water partition coefficient (Wildman–Crippen LogP) is 2.57. The summed E-state index contributed by atoms with van der Waals surface area (Å²) < 4.78 is 0. The topological polar surface area (TPSA) is 84.0 Å². The molecule has 172 valence electrons. The number of nitrogens with zero attached hydrogens (tertiary/aromatic N) is 4. The Hall–Kier alpha value is -2.94. The Morgan fingerprint density at radius 1 is 1.19 bits per heavy atom. The van der Waals surface area contributed by atoms with Crippen molar-refractivity contribution in [2.75, 3.05) is 58.3 Å². The van der Waals surface area contributed by atoms with E-state index in [4.69, 9.17) is 5.11 Å². The Labute approximate surface area is 190 Å². The summed E-state index contributed by atoms with van der Waals surface area (Å²) in [6.07, 6.45) is 7.10. The van der Waals surface area contributed by atoms with Crippen molar-refractivity contribution in [2.24, 2.45) is 0 Å². The van der Waals surface area contributed by atoms with Crippen molar-refractivity contribution in [3.8, 4) is 11.1 Å². The number of anilines is 1. The molecule has 1 aliphatic rings. The normalized spacial score (nSPS) is 14.9. The molecule has 32 heavy (non-hydrogen) atoms. The van der Waals surface area contributed by atoms with E-state index in [0.717, 1.165) is 67.2 Å². The lowest BCUT2D eigenvalue weighted by molar-refractivity contribution is 0.185. The summed E-state index contributed by atoms with van der Waals surface area (Å²) in [4.78, 5) is 19.7. The average molecular weight is 439 g/mol. The molecule has 1 fully saturated rings. The van der Waals surface area contributed by atoms with Crippen LogP contribution in [0.4, 0.5) is 10.5 Å². The van der Waals surface area contributed by atoms with E-state index in [1.165, 1.54) is 0 Å². The van der Waals surface area contributed by atoms with Gasteiger partial charge in [0, 0.05) is 57.6 Å². The zero-order valence-electron chi connectivity index (χ0n) is 19.2. The summed E-state index contributed by atoms with van der Waals surface area (Å²) in [5.74, 6) is 0. The highest BCUT2D eigenvalue weighted by molar-refractivity contribution is 5.78. The van der Waals surface area contributed by atoms with Gasteiger partial charge < -0.3 is 20.2 Å². The first-order chi connectivity index (χ1) is 15.4. The Morgan fingerprint density at radius 2 is 1.97 bits per heavy atom. The molecule has 0 spiro atoms. The van der Waals surface area contributed by atoms with E-state index in [1.54, 1.807) is 0 Å². The van der Waals surface area contributed by atoms with Crippen LogP contribution in [0.2, 0.25) is 0 Å². The van der Waals surface area contributed by atoms with Gasteiger partial charge in [0.2, 0.25) is 0 Å². The van der Waals surface area contributed by atoms with Gasteiger partial charge in [-0.3, -0.25) is 10.4 Å². The molecule has 8 nitrogen and oxygen atoms in total. The van der Waals surface area contributed by atoms with Crippen LogP contribution in [0, 0.1) is 6.92 Å². The molecular weight excluding hydrogens is 404 g/mol. The number of carboxylic acid groups (broad SMARTS) is 1. The maximum atomic E-state index is 10.8. The van der Waals surface area contributed by atoms with Crippen molar-refractivity contribution in [1.82, 2.24) is 25.6 Å². The van der Waals surface area contributed by atoms with Gasteiger partial charge in [0.15, 0.2) is 0 Å². The molecule has 1 aliphatic heterocycles. The van der Waals surface area contributed by atoms with Crippen LogP contribution in [0.25, 0.3) is 11.1 Å². The number of nitrogens with one attached hydrogen (secondary N) is 2. The molecule has 1 aromatic carbocycles. The summed E-state index contributed by atoms with van der Waals surface area (Å²) in [5.41, 5.74) is 8.92. The quantitative estimate of drug-likeness (QED) is 0.519. The van der Waals surface area contributed by atoms with E-state index in [-0.39, 0.29) is 0 Å². The van der Waals surface area contributed by atoms with Gasteiger partial charge in [0.1, 0.15) is 0 Å². The zero-order valence-corrected chi connectivity index (χ0v) is 19.2. The first-order valence-corrected chi connectivity index (χ1v) is 11.0. The van der Waals surface area contributed by atoms with Crippen molar-refractivity contribution in [2.45, 2.75) is 13.5 Å². The van der Waals surface area contributed by atoms with E-state index in [9.17, 15) is 4.79 Å². The molecule has 0 aliphatic carbocycles. The minimum atomic E-state index is -1.01. The maximum Gasteiger partial charge on any atom is 0.404 e. The fourth-order valence-corrected chi connectivity index (χ4v) is 3.77. The fraction of sp³-hybridized carbons (Fsp3) is 0.417. The third-order valence-corrected chi connectivity index (χ3v) is 5.57. The van der Waals surface area contributed by atoms with E-state index < -0.39 is 6.09 Å². The number of carbonyl (C=O) groups is 1. The molecule has 0 bridgehead atoms. The number of hydrogen-bond acceptors (Lipinski definition) is 6. The first kappa shape index (κ1) is 23.7. The standard InChI is InChI=1S/C24H34N6O2/c1-19-16-20(6-7-21(19)17-26-24(31)32)22-8-10-25-18-23(22)29-12-14-30(15-13-29)27-9-4-5-11-28(2)3/h4-8,10,16,18,26-27H,9,11-15,17H2,1-3H3,(H,31,32)/b5-4+. The Balaban J connectivity index is 1.62. The van der Waals surface area contributed by atoms with E-state index in [0.29, 0.717) is 6.54 Å². The largest absolute Gasteiger partial charge is 0.465 e. The molecule has 8 heteroatoms. The number of rotatable bonds is 9. The monoisotopic (exact) mass is 438 g/mol. The second-order valence-electron chi connectivity index (χ2n) is 8.26. The second-order valence-corrected chi connectivity index (χ2v) is 8.26. The minimum absolute atomic E-state index is 0.309. The van der Waals surface area contributed by atoms with Crippen LogP contribution in [-0.2, 0) is 6.54 Å². The van der Waals surface area contributed by atoms with Crippen molar-refractivity contribution in [3.63, 3.8) is 0 Å². The Kier molecular flexibility index (Phi) is 8.61. The number of aromatic nitrogens is 1. The van der Waals surface area contributed by atoms with Gasteiger partial charge in [0.25, 0.3) is 0 Å². The fourth-order valence-electron chi connectivity index (χ4n) is 3.77. The zero-order chi connectivity index (χ0) is 22.9. The minimum Gasteiger partial charge on any atom is -0.465 e. The third-order valence-electron chi connectivity index (χ3n) is 5.57.